The van der Waals surface area contributed by atoms with Gasteiger partial charge in [0.15, 0.2) is 17.2 Å². The number of hydrogen-bond acceptors (Lipinski definition) is 9. The third-order valence-corrected chi connectivity index (χ3v) is 7.74. The summed E-state index contributed by atoms with van der Waals surface area (Å²) >= 11 is 0. The van der Waals surface area contributed by atoms with E-state index in [1.807, 2.05) is 6.92 Å². The zero-order valence-electron chi connectivity index (χ0n) is 20.3. The van der Waals surface area contributed by atoms with Crippen molar-refractivity contribution in [2.24, 2.45) is 23.5 Å². The van der Waals surface area contributed by atoms with Gasteiger partial charge in [0.25, 0.3) is 0 Å². The molecule has 7 N–H and O–H groups in total. The van der Waals surface area contributed by atoms with Crippen LogP contribution in [0.1, 0.15) is 34.3 Å². The second-order valence-corrected chi connectivity index (χ2v) is 10.1. The van der Waals surface area contributed by atoms with Gasteiger partial charge in [-0.1, -0.05) is 17.7 Å². The summed E-state index contributed by atoms with van der Waals surface area (Å²) in [4.78, 5) is 51.0. The second kappa shape index (κ2) is 8.96. The van der Waals surface area contributed by atoms with Gasteiger partial charge in [-0.3, -0.25) is 19.7 Å². The number of carbonyl (C=O) groups excluding carboxylic acids is 4. The normalized spacial score (nSPS) is 28.2. The van der Waals surface area contributed by atoms with Crippen LogP contribution in [0.4, 0.5) is 10.5 Å². The van der Waals surface area contributed by atoms with E-state index in [0.717, 1.165) is 5.56 Å². The van der Waals surface area contributed by atoms with Crippen LogP contribution in [0.5, 0.6) is 11.5 Å². The number of aromatic hydroxyl groups is 1. The van der Waals surface area contributed by atoms with Gasteiger partial charge in [-0.2, -0.15) is 0 Å². The average molecular weight is 523 g/mol. The molecule has 0 saturated heterocycles. The maximum Gasteiger partial charge on any atom is 0.417 e. The van der Waals surface area contributed by atoms with Gasteiger partial charge in [0.05, 0.1) is 11.7 Å². The fraction of sp³-hybridized carbons (Fsp3) is 0.333. The fourth-order valence-electron chi connectivity index (χ4n) is 5.89. The molecular weight excluding hydrogens is 496 g/mol. The molecule has 11 heteroatoms. The molecule has 2 aromatic carbocycles. The van der Waals surface area contributed by atoms with Crippen molar-refractivity contribution in [3.63, 3.8) is 0 Å². The number of phenolic OH excluding ortho intramolecular Hbond substituents is 1. The van der Waals surface area contributed by atoms with Crippen LogP contribution in [-0.4, -0.2) is 55.7 Å². The highest BCUT2D eigenvalue weighted by atomic mass is 16.6. The van der Waals surface area contributed by atoms with Crippen LogP contribution in [0.25, 0.3) is 0 Å². The maximum absolute atomic E-state index is 13.6. The van der Waals surface area contributed by atoms with Gasteiger partial charge >= 0.3 is 6.09 Å². The van der Waals surface area contributed by atoms with Crippen molar-refractivity contribution in [1.29, 1.82) is 0 Å². The van der Waals surface area contributed by atoms with E-state index < -0.39 is 64.5 Å². The van der Waals surface area contributed by atoms with E-state index in [9.17, 15) is 39.6 Å². The molecule has 198 valence electrons. The van der Waals surface area contributed by atoms with Crippen LogP contribution < -0.4 is 15.8 Å². The summed E-state index contributed by atoms with van der Waals surface area (Å²) in [6.07, 6.45) is -2.42. The van der Waals surface area contributed by atoms with E-state index in [2.05, 4.69) is 5.32 Å². The van der Waals surface area contributed by atoms with Crippen LogP contribution in [0.2, 0.25) is 0 Å². The van der Waals surface area contributed by atoms with Crippen molar-refractivity contribution in [2.75, 3.05) is 5.32 Å². The molecule has 5 atom stereocenters. The summed E-state index contributed by atoms with van der Waals surface area (Å²) in [5, 5.41) is 45.9. The number of phenols is 1. The Bertz CT molecular complexity index is 1410. The number of aliphatic hydroxyl groups is 3. The first kappa shape index (κ1) is 25.4. The molecule has 5 rings (SSSR count). The Labute approximate surface area is 216 Å². The first-order valence-corrected chi connectivity index (χ1v) is 12.1. The standard InChI is InChI=1S/C27H26N2O9/c1-11-2-4-14(5-3-11)38-26(36)29-16-6-7-17(30)20-15(16)9-12-8-13-10-18(31)21(25(28)35)24(34)27(13,37)23(33)19(12)22(20)32/h2-7,12-13,18,21,30-31,33,37H,8-10H2,1H3,(H2,28,35)(H,29,36)/t12-,13+,18?,21?,27+/m1/s1. The third kappa shape index (κ3) is 3.82. The highest BCUT2D eigenvalue weighted by molar-refractivity contribution is 6.16. The predicted octanol–water partition coefficient (Wildman–Crippen LogP) is 1.66. The number of anilines is 1. The first-order chi connectivity index (χ1) is 17.9. The number of ether oxygens (including phenoxy) is 1. The number of Topliss-reactive ketones (excluding diaryl/α,β-unsaturated/α-hetero) is 2. The quantitative estimate of drug-likeness (QED) is 0.256. The molecule has 0 bridgehead atoms. The van der Waals surface area contributed by atoms with E-state index in [4.69, 9.17) is 10.5 Å². The Kier molecular flexibility index (Phi) is 6.00. The minimum atomic E-state index is -2.58. The summed E-state index contributed by atoms with van der Waals surface area (Å²) in [7, 11) is 0. The monoisotopic (exact) mass is 522 g/mol. The minimum Gasteiger partial charge on any atom is -0.508 e. The number of nitrogens with one attached hydrogen (secondary N) is 1. The molecule has 1 fully saturated rings. The van der Waals surface area contributed by atoms with Crippen molar-refractivity contribution in [3.8, 4) is 11.5 Å². The molecule has 0 aliphatic heterocycles. The number of rotatable bonds is 3. The van der Waals surface area contributed by atoms with Gasteiger partial charge in [0.2, 0.25) is 5.91 Å². The van der Waals surface area contributed by atoms with Gasteiger partial charge in [0, 0.05) is 17.2 Å². The number of carbonyl (C=O) groups is 4. The molecule has 0 radical (unpaired) electrons. The summed E-state index contributed by atoms with van der Waals surface area (Å²) in [5.41, 5.74) is 3.68. The van der Waals surface area contributed by atoms with Crippen molar-refractivity contribution in [3.05, 3.63) is 64.4 Å². The second-order valence-electron chi connectivity index (χ2n) is 10.1. The molecule has 3 aliphatic rings. The van der Waals surface area contributed by atoms with Gasteiger partial charge in [0.1, 0.15) is 23.2 Å². The molecule has 0 spiro atoms. The van der Waals surface area contributed by atoms with Gasteiger partial charge < -0.3 is 30.9 Å². The minimum absolute atomic E-state index is 0.0122. The number of primary amides is 1. The fourth-order valence-corrected chi connectivity index (χ4v) is 5.89. The van der Waals surface area contributed by atoms with Crippen LogP contribution in [0, 0.1) is 24.7 Å². The summed E-state index contributed by atoms with van der Waals surface area (Å²) < 4.78 is 5.30. The molecule has 2 aromatic rings. The number of nitrogens with two attached hydrogens (primary N) is 1. The molecule has 0 heterocycles. The maximum atomic E-state index is 13.6. The lowest BCUT2D eigenvalue weighted by Gasteiger charge is -2.48. The molecule has 11 nitrogen and oxygen atoms in total. The zero-order chi connectivity index (χ0) is 27.5. The van der Waals surface area contributed by atoms with Crippen LogP contribution in [0.15, 0.2) is 47.7 Å². The number of benzene rings is 2. The lowest BCUT2D eigenvalue weighted by atomic mass is 9.58. The van der Waals surface area contributed by atoms with Gasteiger partial charge in [-0.05, 0) is 61.9 Å². The molecule has 1 saturated carbocycles. The summed E-state index contributed by atoms with van der Waals surface area (Å²) in [5.74, 6) is -7.63. The number of aliphatic hydroxyl groups excluding tert-OH is 2. The molecule has 0 aromatic heterocycles. The zero-order valence-corrected chi connectivity index (χ0v) is 20.3. The molecule has 3 aliphatic carbocycles. The van der Waals surface area contributed by atoms with Crippen molar-refractivity contribution in [2.45, 2.75) is 37.9 Å². The van der Waals surface area contributed by atoms with Crippen LogP contribution in [0.3, 0.4) is 0 Å². The smallest absolute Gasteiger partial charge is 0.417 e. The summed E-state index contributed by atoms with van der Waals surface area (Å²) in [6, 6.07) is 9.39. The largest absolute Gasteiger partial charge is 0.508 e. The highest BCUT2D eigenvalue weighted by Crippen LogP contribution is 2.52. The lowest BCUT2D eigenvalue weighted by Crippen LogP contribution is -2.63. The van der Waals surface area contributed by atoms with E-state index >= 15 is 0 Å². The Morgan fingerprint density at radius 3 is 2.42 bits per heavy atom. The van der Waals surface area contributed by atoms with Crippen LogP contribution in [-0.2, 0) is 16.0 Å². The van der Waals surface area contributed by atoms with Crippen LogP contribution >= 0.6 is 0 Å². The Hall–Kier alpha value is -4.22. The average Bonchev–Trinajstić information content (AvgIpc) is 2.84. The number of ketones is 2. The van der Waals surface area contributed by atoms with Crippen molar-refractivity contribution < 1.29 is 44.3 Å². The lowest BCUT2D eigenvalue weighted by molar-refractivity contribution is -0.167. The van der Waals surface area contributed by atoms with Gasteiger partial charge in [-0.15, -0.1) is 0 Å². The molecule has 38 heavy (non-hydrogen) atoms. The van der Waals surface area contributed by atoms with E-state index in [1.165, 1.54) is 12.1 Å². The molecular formula is C27H26N2O9. The number of hydrogen-bond donors (Lipinski definition) is 6. The molecule has 2 amide bonds. The topological polar surface area (TPSA) is 196 Å². The van der Waals surface area contributed by atoms with E-state index in [-0.39, 0.29) is 36.1 Å². The summed E-state index contributed by atoms with van der Waals surface area (Å²) in [6.45, 7) is 1.89. The van der Waals surface area contributed by atoms with Gasteiger partial charge in [-0.25, -0.2) is 4.79 Å². The number of amides is 2. The van der Waals surface area contributed by atoms with E-state index in [1.54, 1.807) is 24.3 Å². The number of aryl methyl sites for hydroxylation is 1. The molecule has 2 unspecified atom stereocenters. The highest BCUT2D eigenvalue weighted by Gasteiger charge is 2.62. The number of allylic oxidation sites excluding steroid dienone is 1. The SMILES string of the molecule is Cc1ccc(OC(=O)Nc2ccc(O)c3c2C[C@H]2C[C@H]4CC(O)C(C(N)=O)C(=O)[C@@]4(O)C(O)=C2C3=O)cc1. The Balaban J connectivity index is 1.51. The van der Waals surface area contributed by atoms with E-state index in [0.29, 0.717) is 11.3 Å². The third-order valence-electron chi connectivity index (χ3n) is 7.74. The van der Waals surface area contributed by atoms with Crippen molar-refractivity contribution in [1.82, 2.24) is 0 Å². The predicted molar refractivity (Wildman–Crippen MR) is 131 cm³/mol. The first-order valence-electron chi connectivity index (χ1n) is 12.1. The van der Waals surface area contributed by atoms with Crippen molar-refractivity contribution >= 4 is 29.3 Å². The Morgan fingerprint density at radius 1 is 1.08 bits per heavy atom. The number of fused-ring (bicyclic) bond motifs is 3. The Morgan fingerprint density at radius 2 is 1.76 bits per heavy atom.